The molecule has 7 nitrogen and oxygen atoms in total. The standard InChI is InChI=1S/C25H24F3N7S.C3H4F2.CH3F/c1-4-15(3)32-17-7-8-20(26)22(11-17)34-24-19(16-6-9-23(36-28)21(27)10-16)14-31-25(35-24)33-18(12-29)13-30-5-2;1-2-3(4)5;1-2/h4,6-14,32H,1,3,5,29H2,2H3,(H2,31,33,34,35);2-3H,1H2;1H3/b18-12+,30-13?;;. The van der Waals surface area contributed by atoms with Gasteiger partial charge in [-0.15, -0.1) is 0 Å². The van der Waals surface area contributed by atoms with Gasteiger partial charge in [-0.2, -0.15) is 8.87 Å². The zero-order chi connectivity index (χ0) is 32.4. The van der Waals surface area contributed by atoms with Crippen LogP contribution in [0.15, 0.2) is 102 Å². The predicted octanol–water partition coefficient (Wildman–Crippen LogP) is 8.58. The van der Waals surface area contributed by atoms with E-state index in [1.807, 2.05) is 6.92 Å². The first-order valence-corrected chi connectivity index (χ1v) is 12.9. The lowest BCUT2D eigenvalue weighted by molar-refractivity contribution is 0.204. The molecule has 5 N–H and O–H groups in total. The Labute approximate surface area is 250 Å². The molecule has 0 saturated carbocycles. The highest BCUT2D eigenvalue weighted by Crippen LogP contribution is 2.34. The number of halogens is 6. The molecule has 0 saturated heterocycles. The molecule has 1 heterocycles. The third-order valence-electron chi connectivity index (χ3n) is 4.91. The molecule has 0 radical (unpaired) electrons. The van der Waals surface area contributed by atoms with Crippen molar-refractivity contribution in [3.05, 3.63) is 104 Å². The van der Waals surface area contributed by atoms with Crippen molar-refractivity contribution in [2.24, 2.45) is 10.7 Å². The van der Waals surface area contributed by atoms with Crippen LogP contribution in [0.2, 0.25) is 0 Å². The van der Waals surface area contributed by atoms with E-state index in [1.54, 1.807) is 0 Å². The maximum Gasteiger partial charge on any atom is 0.256 e. The van der Waals surface area contributed by atoms with E-state index in [0.717, 1.165) is 6.07 Å². The van der Waals surface area contributed by atoms with E-state index < -0.39 is 18.1 Å². The molecule has 0 amide bonds. The Kier molecular flexibility index (Phi) is 16.4. The molecule has 14 heteroatoms. The lowest BCUT2D eigenvalue weighted by Crippen LogP contribution is -2.09. The number of alkyl halides is 3. The number of hydrogen-bond acceptors (Lipinski definition) is 8. The average Bonchev–Trinajstić information content (AvgIpc) is 3.02. The summed E-state index contributed by atoms with van der Waals surface area (Å²) >= 11 is -0.199. The summed E-state index contributed by atoms with van der Waals surface area (Å²) in [7, 11) is 0.500. The normalized spacial score (nSPS) is 10.7. The first-order chi connectivity index (χ1) is 20.6. The van der Waals surface area contributed by atoms with Gasteiger partial charge in [0.25, 0.3) is 6.43 Å². The number of anilines is 4. The Morgan fingerprint density at radius 1 is 1.09 bits per heavy atom. The number of benzene rings is 2. The van der Waals surface area contributed by atoms with Gasteiger partial charge >= 0.3 is 0 Å². The fraction of sp³-hybridized carbons (Fsp3) is 0.138. The quantitative estimate of drug-likeness (QED) is 0.0694. The Bertz CT molecular complexity index is 1430. The highest BCUT2D eigenvalue weighted by Gasteiger charge is 2.15. The van der Waals surface area contributed by atoms with Gasteiger partial charge in [-0.1, -0.05) is 25.8 Å². The topological polar surface area (TPSA) is 100 Å². The Hall–Kier alpha value is -4.72. The number of hydrogen-bond donors (Lipinski definition) is 4. The van der Waals surface area contributed by atoms with Gasteiger partial charge in [-0.3, -0.25) is 9.38 Å². The van der Waals surface area contributed by atoms with Crippen LogP contribution in [-0.4, -0.2) is 36.3 Å². The smallest absolute Gasteiger partial charge is 0.256 e. The zero-order valence-electron chi connectivity index (χ0n) is 23.4. The molecule has 0 aliphatic carbocycles. The number of allylic oxidation sites excluding steroid dienone is 3. The van der Waals surface area contributed by atoms with E-state index in [1.165, 1.54) is 55.0 Å². The van der Waals surface area contributed by atoms with Gasteiger partial charge in [-0.05, 0) is 55.0 Å². The third kappa shape index (κ3) is 12.0. The molecule has 3 rings (SSSR count). The molecule has 0 spiro atoms. The van der Waals surface area contributed by atoms with E-state index in [-0.39, 0.29) is 34.5 Å². The highest BCUT2D eigenvalue weighted by molar-refractivity contribution is 7.94. The molecule has 2 aromatic carbocycles. The van der Waals surface area contributed by atoms with Crippen molar-refractivity contribution in [3.63, 3.8) is 0 Å². The van der Waals surface area contributed by atoms with Crippen molar-refractivity contribution in [1.29, 1.82) is 0 Å². The summed E-state index contributed by atoms with van der Waals surface area (Å²) in [6, 6.07) is 8.30. The minimum absolute atomic E-state index is 0.0845. The van der Waals surface area contributed by atoms with Gasteiger partial charge < -0.3 is 21.7 Å². The first kappa shape index (κ1) is 36.3. The summed E-state index contributed by atoms with van der Waals surface area (Å²) in [4.78, 5) is 12.7. The molecular formula is C29H31F6N7S. The second kappa shape index (κ2) is 19.4. The van der Waals surface area contributed by atoms with E-state index in [4.69, 9.17) is 5.73 Å². The Morgan fingerprint density at radius 2 is 1.79 bits per heavy atom. The van der Waals surface area contributed by atoms with Gasteiger partial charge in [-0.25, -0.2) is 22.5 Å². The fourth-order valence-electron chi connectivity index (χ4n) is 2.98. The molecule has 0 bridgehead atoms. The molecule has 0 aliphatic rings. The minimum atomic E-state index is -2.35. The molecule has 0 atom stereocenters. The van der Waals surface area contributed by atoms with Crippen LogP contribution < -0.4 is 21.7 Å². The zero-order valence-corrected chi connectivity index (χ0v) is 24.2. The number of aliphatic imine (C=N–C) groups is 1. The summed E-state index contributed by atoms with van der Waals surface area (Å²) in [6.45, 7) is 12.6. The Balaban J connectivity index is 0.00000120. The van der Waals surface area contributed by atoms with Gasteiger partial charge in [0.2, 0.25) is 5.95 Å². The molecular weight excluding hydrogens is 592 g/mol. The summed E-state index contributed by atoms with van der Waals surface area (Å²) < 4.78 is 72.8. The second-order valence-electron chi connectivity index (χ2n) is 7.80. The maximum atomic E-state index is 14.7. The minimum Gasteiger partial charge on any atom is -0.403 e. The number of aromatic nitrogens is 2. The van der Waals surface area contributed by atoms with Crippen molar-refractivity contribution in [2.45, 2.75) is 18.2 Å². The van der Waals surface area contributed by atoms with Crippen LogP contribution in [0.5, 0.6) is 0 Å². The van der Waals surface area contributed by atoms with Gasteiger partial charge in [0.15, 0.2) is 0 Å². The molecule has 3 aromatic rings. The molecule has 230 valence electrons. The third-order valence-corrected chi connectivity index (χ3v) is 5.41. The summed E-state index contributed by atoms with van der Waals surface area (Å²) in [5.74, 6) is -1.02. The molecule has 0 fully saturated rings. The summed E-state index contributed by atoms with van der Waals surface area (Å²) in [5, 5.41) is 8.86. The average molecular weight is 624 g/mol. The number of nitrogens with one attached hydrogen (secondary N) is 3. The van der Waals surface area contributed by atoms with E-state index in [0.29, 0.717) is 48.0 Å². The van der Waals surface area contributed by atoms with E-state index in [9.17, 15) is 25.8 Å². The molecule has 0 unspecified atom stereocenters. The van der Waals surface area contributed by atoms with Crippen molar-refractivity contribution in [3.8, 4) is 11.1 Å². The van der Waals surface area contributed by atoms with Crippen molar-refractivity contribution in [2.75, 3.05) is 29.7 Å². The van der Waals surface area contributed by atoms with Crippen molar-refractivity contribution < 1.29 is 25.8 Å². The van der Waals surface area contributed by atoms with Crippen LogP contribution in [0, 0.1) is 11.6 Å². The lowest BCUT2D eigenvalue weighted by Gasteiger charge is -2.15. The first-order valence-electron chi connectivity index (χ1n) is 12.2. The van der Waals surface area contributed by atoms with Gasteiger partial charge in [0.05, 0.1) is 35.6 Å². The van der Waals surface area contributed by atoms with Gasteiger partial charge in [0, 0.05) is 42.1 Å². The second-order valence-corrected chi connectivity index (χ2v) is 8.39. The van der Waals surface area contributed by atoms with Crippen LogP contribution in [0.1, 0.15) is 6.92 Å². The largest absolute Gasteiger partial charge is 0.403 e. The van der Waals surface area contributed by atoms with Crippen LogP contribution >= 0.6 is 12.1 Å². The van der Waals surface area contributed by atoms with Gasteiger partial charge in [0.1, 0.15) is 17.5 Å². The van der Waals surface area contributed by atoms with Crippen LogP contribution in [0.4, 0.5) is 49.0 Å². The lowest BCUT2D eigenvalue weighted by atomic mass is 10.1. The van der Waals surface area contributed by atoms with E-state index in [2.05, 4.69) is 50.6 Å². The van der Waals surface area contributed by atoms with E-state index >= 15 is 0 Å². The number of rotatable bonds is 12. The maximum absolute atomic E-state index is 14.7. The molecule has 43 heavy (non-hydrogen) atoms. The van der Waals surface area contributed by atoms with Crippen molar-refractivity contribution in [1.82, 2.24) is 9.97 Å². The molecule has 1 aromatic heterocycles. The predicted molar refractivity (Wildman–Crippen MR) is 165 cm³/mol. The fourth-order valence-corrected chi connectivity index (χ4v) is 3.23. The Morgan fingerprint density at radius 3 is 2.35 bits per heavy atom. The summed E-state index contributed by atoms with van der Waals surface area (Å²) in [6.07, 6.45) is 4.01. The number of nitrogens with two attached hydrogens (primary N) is 1. The van der Waals surface area contributed by atoms with Crippen molar-refractivity contribution >= 4 is 41.5 Å². The number of nitrogens with zero attached hydrogens (tertiary/aromatic N) is 3. The summed E-state index contributed by atoms with van der Waals surface area (Å²) in [5.41, 5.74) is 7.95. The monoisotopic (exact) mass is 623 g/mol. The SMILES string of the molecule is C=CC(=C)Nc1ccc(F)c(Nc2nc(N/C(C=NCC)=C/N)ncc2-c2ccc(SF)c(F)c2)c1.C=CC(F)F.CF. The molecule has 0 aliphatic heterocycles. The van der Waals surface area contributed by atoms with Crippen LogP contribution in [0.3, 0.4) is 0 Å². The van der Waals surface area contributed by atoms with Crippen LogP contribution in [0.25, 0.3) is 11.1 Å². The highest BCUT2D eigenvalue weighted by atomic mass is 32.2. The van der Waals surface area contributed by atoms with Crippen LogP contribution in [-0.2, 0) is 0 Å².